The standard InChI is InChI=1S/C23H19F10NO4S/c1-6-13(20(24,22(28,29)30)23(31,32)33)9-16(19(37)38-4)11(2)34(12(3)35)18(36)15-8-7-14(21(25,26)27)10-17(15)39-5/h6-10H,2H2,1,3-5H3/b13-6+,16-9+. The number of methoxy groups -OCH3 is 1. The first-order valence-electron chi connectivity index (χ1n) is 10.2. The molecule has 0 fully saturated rings. The lowest BCUT2D eigenvalue weighted by Gasteiger charge is -2.31. The molecule has 0 bridgehead atoms. The molecule has 0 saturated carbocycles. The fourth-order valence-electron chi connectivity index (χ4n) is 3.14. The Morgan fingerprint density at radius 2 is 1.49 bits per heavy atom. The van der Waals surface area contributed by atoms with E-state index < -0.39 is 70.0 Å². The molecule has 216 valence electrons. The second-order valence-corrected chi connectivity index (χ2v) is 8.31. The zero-order valence-electron chi connectivity index (χ0n) is 20.4. The van der Waals surface area contributed by atoms with Gasteiger partial charge in [-0.3, -0.25) is 9.59 Å². The molecule has 16 heteroatoms. The molecule has 1 aromatic rings. The smallest absolute Gasteiger partial charge is 0.435 e. The number of hydrogen-bond donors (Lipinski definition) is 0. The lowest BCUT2D eigenvalue weighted by Crippen LogP contribution is -2.54. The summed E-state index contributed by atoms with van der Waals surface area (Å²) in [4.78, 5) is 37.6. The van der Waals surface area contributed by atoms with Crippen molar-refractivity contribution in [1.29, 1.82) is 0 Å². The Bertz CT molecular complexity index is 1200. The third kappa shape index (κ3) is 6.83. The van der Waals surface area contributed by atoms with Crippen molar-refractivity contribution in [2.24, 2.45) is 0 Å². The topological polar surface area (TPSA) is 63.7 Å². The summed E-state index contributed by atoms with van der Waals surface area (Å²) < 4.78 is 138. The summed E-state index contributed by atoms with van der Waals surface area (Å²) >= 11 is 0.634. The van der Waals surface area contributed by atoms with E-state index in [2.05, 4.69) is 11.3 Å². The SMILES string of the molecule is C=C(/C(=C\C(=C/C)C(F)(C(F)(F)F)C(F)(F)F)C(=O)OC)N(C(C)=O)C(=O)c1ccc(C(F)(F)F)cc1SC. The summed E-state index contributed by atoms with van der Waals surface area (Å²) in [5, 5.41) is 0. The van der Waals surface area contributed by atoms with E-state index in [4.69, 9.17) is 0 Å². The van der Waals surface area contributed by atoms with Crippen LogP contribution in [0.1, 0.15) is 29.8 Å². The minimum atomic E-state index is -6.57. The molecule has 5 nitrogen and oxygen atoms in total. The molecule has 1 aromatic carbocycles. The molecule has 0 heterocycles. The summed E-state index contributed by atoms with van der Waals surface area (Å²) in [6.45, 7) is 4.49. The molecule has 0 aliphatic heterocycles. The molecule has 0 aliphatic rings. The van der Waals surface area contributed by atoms with Gasteiger partial charge in [0.2, 0.25) is 5.91 Å². The van der Waals surface area contributed by atoms with E-state index >= 15 is 0 Å². The second kappa shape index (κ2) is 11.8. The minimum Gasteiger partial charge on any atom is -0.465 e. The van der Waals surface area contributed by atoms with E-state index in [-0.39, 0.29) is 21.9 Å². The van der Waals surface area contributed by atoms with Gasteiger partial charge in [0.1, 0.15) is 0 Å². The van der Waals surface area contributed by atoms with Crippen molar-refractivity contribution in [3.05, 3.63) is 64.9 Å². The van der Waals surface area contributed by atoms with Crippen molar-refractivity contribution < 1.29 is 63.0 Å². The Morgan fingerprint density at radius 1 is 0.974 bits per heavy atom. The fraction of sp³-hybridized carbons (Fsp3) is 0.348. The summed E-state index contributed by atoms with van der Waals surface area (Å²) in [6.07, 6.45) is -16.9. The zero-order chi connectivity index (χ0) is 30.7. The van der Waals surface area contributed by atoms with Crippen molar-refractivity contribution >= 4 is 29.5 Å². The Labute approximate surface area is 219 Å². The fourth-order valence-corrected chi connectivity index (χ4v) is 3.76. The first kappa shape index (κ1) is 33.7. The Hall–Kier alpha value is -3.30. The Balaban J connectivity index is 3.86. The van der Waals surface area contributed by atoms with Crippen LogP contribution in [0.4, 0.5) is 43.9 Å². The predicted octanol–water partition coefficient (Wildman–Crippen LogP) is 6.81. The Kier molecular flexibility index (Phi) is 10.2. The average molecular weight is 595 g/mol. The van der Waals surface area contributed by atoms with Crippen LogP contribution in [0.2, 0.25) is 0 Å². The van der Waals surface area contributed by atoms with Gasteiger partial charge in [0, 0.05) is 17.4 Å². The number of amides is 2. The monoisotopic (exact) mass is 595 g/mol. The van der Waals surface area contributed by atoms with Crippen LogP contribution in [0.15, 0.2) is 58.7 Å². The van der Waals surface area contributed by atoms with E-state index in [9.17, 15) is 58.3 Å². The Morgan fingerprint density at radius 3 is 1.85 bits per heavy atom. The van der Waals surface area contributed by atoms with E-state index in [0.717, 1.165) is 0 Å². The highest BCUT2D eigenvalue weighted by atomic mass is 32.2. The van der Waals surface area contributed by atoms with Crippen molar-refractivity contribution in [2.75, 3.05) is 13.4 Å². The number of allylic oxidation sites excluding steroid dienone is 3. The number of benzene rings is 1. The number of imide groups is 1. The van der Waals surface area contributed by atoms with Crippen LogP contribution in [-0.4, -0.2) is 54.1 Å². The molecule has 0 spiro atoms. The number of thioether (sulfide) groups is 1. The number of esters is 1. The maximum Gasteiger partial charge on any atom is 0.435 e. The average Bonchev–Trinajstić information content (AvgIpc) is 2.81. The van der Waals surface area contributed by atoms with Gasteiger partial charge < -0.3 is 4.74 Å². The van der Waals surface area contributed by atoms with Crippen LogP contribution in [0.3, 0.4) is 0 Å². The van der Waals surface area contributed by atoms with Gasteiger partial charge in [0.25, 0.3) is 5.91 Å². The van der Waals surface area contributed by atoms with Gasteiger partial charge in [-0.1, -0.05) is 12.7 Å². The first-order valence-corrected chi connectivity index (χ1v) is 11.4. The number of carbonyl (C=O) groups excluding carboxylic acids is 3. The second-order valence-electron chi connectivity index (χ2n) is 7.47. The third-order valence-electron chi connectivity index (χ3n) is 5.05. The quantitative estimate of drug-likeness (QED) is 0.114. The van der Waals surface area contributed by atoms with E-state index in [1.165, 1.54) is 6.26 Å². The molecule has 0 unspecified atom stereocenters. The van der Waals surface area contributed by atoms with Crippen molar-refractivity contribution in [3.8, 4) is 0 Å². The van der Waals surface area contributed by atoms with E-state index in [1.807, 2.05) is 0 Å². The molecule has 0 saturated heterocycles. The molecule has 1 rings (SSSR count). The normalized spacial score (nSPS) is 13.7. The van der Waals surface area contributed by atoms with Crippen LogP contribution in [-0.2, 0) is 20.5 Å². The highest BCUT2D eigenvalue weighted by Gasteiger charge is 2.74. The number of rotatable bonds is 7. The first-order chi connectivity index (χ1) is 17.6. The van der Waals surface area contributed by atoms with Crippen LogP contribution in [0, 0.1) is 0 Å². The predicted molar refractivity (Wildman–Crippen MR) is 119 cm³/mol. The number of nitrogens with zero attached hydrogens (tertiary/aromatic N) is 1. The van der Waals surface area contributed by atoms with Gasteiger partial charge in [-0.05, 0) is 37.5 Å². The van der Waals surface area contributed by atoms with Crippen LogP contribution < -0.4 is 0 Å². The molecule has 0 atom stereocenters. The van der Waals surface area contributed by atoms with E-state index in [1.54, 1.807) is 0 Å². The maximum absolute atomic E-state index is 14.7. The van der Waals surface area contributed by atoms with Crippen molar-refractivity contribution in [1.82, 2.24) is 4.90 Å². The number of halogens is 10. The maximum atomic E-state index is 14.7. The number of hydrogen-bond acceptors (Lipinski definition) is 5. The number of alkyl halides is 10. The zero-order valence-corrected chi connectivity index (χ0v) is 21.2. The van der Waals surface area contributed by atoms with Gasteiger partial charge in [-0.15, -0.1) is 11.8 Å². The van der Waals surface area contributed by atoms with Crippen LogP contribution in [0.25, 0.3) is 0 Å². The van der Waals surface area contributed by atoms with Gasteiger partial charge in [0.05, 0.1) is 29.5 Å². The highest BCUT2D eigenvalue weighted by molar-refractivity contribution is 7.98. The van der Waals surface area contributed by atoms with Gasteiger partial charge in [0.15, 0.2) is 0 Å². The van der Waals surface area contributed by atoms with Gasteiger partial charge in [-0.2, -0.15) is 39.5 Å². The summed E-state index contributed by atoms with van der Waals surface area (Å²) in [6, 6.07) is 1.70. The molecule has 39 heavy (non-hydrogen) atoms. The molecular weight excluding hydrogens is 576 g/mol. The molecule has 0 aromatic heterocycles. The minimum absolute atomic E-state index is 0.0133. The molecule has 2 amide bonds. The molecular formula is C23H19F10NO4S. The molecule has 0 radical (unpaired) electrons. The van der Waals surface area contributed by atoms with Crippen molar-refractivity contribution in [2.45, 2.75) is 42.9 Å². The highest BCUT2D eigenvalue weighted by Crippen LogP contribution is 2.51. The number of carbonyl (C=O) groups is 3. The van der Waals surface area contributed by atoms with E-state index in [0.29, 0.717) is 50.9 Å². The van der Waals surface area contributed by atoms with Gasteiger partial charge in [-0.25, -0.2) is 14.1 Å². The lowest BCUT2D eigenvalue weighted by atomic mass is 9.91. The number of ether oxygens (including phenoxy) is 1. The van der Waals surface area contributed by atoms with Crippen LogP contribution in [0.5, 0.6) is 0 Å². The largest absolute Gasteiger partial charge is 0.465 e. The third-order valence-corrected chi connectivity index (χ3v) is 5.83. The van der Waals surface area contributed by atoms with Crippen molar-refractivity contribution in [3.63, 3.8) is 0 Å². The lowest BCUT2D eigenvalue weighted by molar-refractivity contribution is -0.325. The summed E-state index contributed by atoms with van der Waals surface area (Å²) in [5.41, 5.74) is -12.4. The van der Waals surface area contributed by atoms with Gasteiger partial charge >= 0.3 is 30.2 Å². The summed E-state index contributed by atoms with van der Waals surface area (Å²) in [7, 11) is 0.636. The summed E-state index contributed by atoms with van der Waals surface area (Å²) in [5.74, 6) is -4.46. The molecule has 0 N–H and O–H groups in total. The van der Waals surface area contributed by atoms with Crippen LogP contribution >= 0.6 is 11.8 Å². The molecule has 0 aliphatic carbocycles.